The number of aryl methyl sites for hydroxylation is 1. The monoisotopic (exact) mass is 1310 g/mol. The largest absolute Gasteiger partial charge is 0.390 e. The minimum Gasteiger partial charge on any atom is -0.390 e. The van der Waals surface area contributed by atoms with Crippen molar-refractivity contribution in [3.8, 4) is 0 Å². The molecular formula is C65H115N15O13. The molecule has 0 aliphatic carbocycles. The zero-order valence-corrected chi connectivity index (χ0v) is 60.0. The Hall–Kier alpha value is -7.10. The van der Waals surface area contributed by atoms with Gasteiger partial charge in [0.2, 0.25) is 65.0 Å². The first-order valence-corrected chi connectivity index (χ1v) is 33.0. The number of unbranched alkanes of at least 4 members (excludes halogenated alkanes) is 1. The molecule has 2 rings (SSSR count). The molecule has 0 unspecified atom stereocenters. The number of rotatable bonds is 20. The third-order valence-electron chi connectivity index (χ3n) is 17.3. The van der Waals surface area contributed by atoms with Crippen molar-refractivity contribution in [3.63, 3.8) is 0 Å². The van der Waals surface area contributed by atoms with E-state index in [0.717, 1.165) is 14.7 Å². The van der Waals surface area contributed by atoms with Crippen molar-refractivity contribution in [2.75, 3.05) is 62.5 Å². The van der Waals surface area contributed by atoms with Crippen LogP contribution in [0.2, 0.25) is 0 Å². The number of hydrogen-bond acceptors (Lipinski definition) is 16. The number of aliphatic hydroxyl groups is 1. The molecule has 0 bridgehead atoms. The Balaban J connectivity index is 2.98. The Kier molecular flexibility index (Phi) is 33.8. The molecule has 0 spiro atoms. The van der Waals surface area contributed by atoms with Gasteiger partial charge in [0.1, 0.15) is 66.7 Å². The number of allylic oxidation sites excluding steroid dienone is 2. The van der Waals surface area contributed by atoms with Gasteiger partial charge < -0.3 is 65.4 Å². The van der Waals surface area contributed by atoms with Crippen LogP contribution in [0, 0.1) is 35.5 Å². The Labute approximate surface area is 552 Å². The maximum Gasteiger partial charge on any atom is 0.246 e. The van der Waals surface area contributed by atoms with Crippen LogP contribution in [0.15, 0.2) is 18.5 Å². The van der Waals surface area contributed by atoms with Crippen molar-refractivity contribution in [1.29, 1.82) is 0 Å². The van der Waals surface area contributed by atoms with E-state index in [1.165, 1.54) is 89.1 Å². The molecule has 0 aromatic carbocycles. The molecule has 0 radical (unpaired) electrons. The van der Waals surface area contributed by atoms with Crippen LogP contribution in [-0.4, -0.2) is 260 Å². The minimum absolute atomic E-state index is 0.0139. The SMILES string of the molecule is CC=CC[C@@H](C)[C@@H](O)[C@H]1C(=O)N[C@@H](CC)C(=O)N(C)CC(=O)N(C)[C@@H]([C@@H](C)OCCCCn2cnnn2)C(=O)N[C@@H](C(C)C)C(=O)N(C)[C@@H](CC(C)C)C(=O)N[C@@H](C)C(=O)N[C@H](C)C(=O)N(C)[C@@H](CC(C)C)C(=O)N(C)[C@@H](CC(C)C)C(=O)N(C)[C@@H](C(C)C)C(=O)N1C. The summed E-state index contributed by atoms with van der Waals surface area (Å²) in [6, 6.07) is -13.0. The van der Waals surface area contributed by atoms with Crippen molar-refractivity contribution in [2.45, 2.75) is 235 Å². The van der Waals surface area contributed by atoms with Gasteiger partial charge in [-0.2, -0.15) is 0 Å². The molecule has 5 N–H and O–H groups in total. The maximum absolute atomic E-state index is 15.2. The minimum atomic E-state index is -1.64. The smallest absolute Gasteiger partial charge is 0.246 e. The fourth-order valence-electron chi connectivity index (χ4n) is 11.5. The molecule has 2 heterocycles. The fraction of sp³-hybridized carbons (Fsp3) is 0.785. The zero-order valence-electron chi connectivity index (χ0n) is 60.0. The number of ether oxygens (including phenoxy) is 1. The van der Waals surface area contributed by atoms with E-state index < -0.39 is 162 Å². The Morgan fingerprint density at radius 1 is 0.559 bits per heavy atom. The number of carbonyl (C=O) groups is 11. The molecule has 1 saturated heterocycles. The van der Waals surface area contributed by atoms with Gasteiger partial charge in [0.15, 0.2) is 0 Å². The van der Waals surface area contributed by atoms with Crippen LogP contribution in [0.25, 0.3) is 0 Å². The molecule has 1 aliphatic rings. The molecule has 93 heavy (non-hydrogen) atoms. The summed E-state index contributed by atoms with van der Waals surface area (Å²) in [5, 5.41) is 34.3. The van der Waals surface area contributed by atoms with E-state index in [4.69, 9.17) is 4.74 Å². The Morgan fingerprint density at radius 3 is 1.57 bits per heavy atom. The zero-order chi connectivity index (χ0) is 71.2. The molecule has 1 aromatic heterocycles. The van der Waals surface area contributed by atoms with Crippen LogP contribution in [0.3, 0.4) is 0 Å². The second kappa shape index (κ2) is 38.3. The summed E-state index contributed by atoms with van der Waals surface area (Å²) in [5.74, 6) is -10.2. The van der Waals surface area contributed by atoms with Gasteiger partial charge in [0, 0.05) is 62.5 Å². The van der Waals surface area contributed by atoms with E-state index in [0.29, 0.717) is 25.8 Å². The lowest BCUT2D eigenvalue weighted by Gasteiger charge is -2.41. The number of nitrogens with one attached hydrogen (secondary N) is 4. The van der Waals surface area contributed by atoms with E-state index in [-0.39, 0.29) is 50.0 Å². The second-order valence-electron chi connectivity index (χ2n) is 27.2. The number of carbonyl (C=O) groups excluding carboxylic acids is 11. The molecule has 1 aliphatic heterocycles. The molecule has 11 amide bonds. The summed E-state index contributed by atoms with van der Waals surface area (Å²) in [5.41, 5.74) is 0. The molecule has 0 saturated carbocycles. The molecule has 528 valence electrons. The fourth-order valence-corrected chi connectivity index (χ4v) is 11.5. The predicted octanol–water partition coefficient (Wildman–Crippen LogP) is 2.09. The topological polar surface area (TPSA) is 332 Å². The van der Waals surface area contributed by atoms with E-state index in [1.807, 2.05) is 41.5 Å². The lowest BCUT2D eigenvalue weighted by Crippen LogP contribution is -2.63. The van der Waals surface area contributed by atoms with Gasteiger partial charge >= 0.3 is 0 Å². The van der Waals surface area contributed by atoms with Crippen LogP contribution >= 0.6 is 0 Å². The first-order chi connectivity index (χ1) is 43.3. The highest BCUT2D eigenvalue weighted by atomic mass is 16.5. The summed E-state index contributed by atoms with van der Waals surface area (Å²) in [4.78, 5) is 170. The van der Waals surface area contributed by atoms with Crippen LogP contribution in [0.4, 0.5) is 0 Å². The van der Waals surface area contributed by atoms with Crippen LogP contribution in [0.1, 0.15) is 156 Å². The molecule has 28 heteroatoms. The van der Waals surface area contributed by atoms with Crippen molar-refractivity contribution in [3.05, 3.63) is 18.5 Å². The number of nitrogens with zero attached hydrogens (tertiary/aromatic N) is 11. The second-order valence-corrected chi connectivity index (χ2v) is 27.2. The average Bonchev–Trinajstić information content (AvgIpc) is 1.07. The lowest BCUT2D eigenvalue weighted by molar-refractivity contribution is -0.157. The van der Waals surface area contributed by atoms with Crippen LogP contribution in [0.5, 0.6) is 0 Å². The normalized spacial score (nSPS) is 25.9. The number of aliphatic hydroxyl groups excluding tert-OH is 1. The number of tetrazole rings is 1. The van der Waals surface area contributed by atoms with Gasteiger partial charge in [-0.3, -0.25) is 52.7 Å². The van der Waals surface area contributed by atoms with Gasteiger partial charge in [-0.1, -0.05) is 95.2 Å². The van der Waals surface area contributed by atoms with Crippen molar-refractivity contribution >= 4 is 65.0 Å². The quantitative estimate of drug-likeness (QED) is 0.0922. The van der Waals surface area contributed by atoms with Gasteiger partial charge in [-0.15, -0.1) is 5.10 Å². The van der Waals surface area contributed by atoms with E-state index in [2.05, 4.69) is 36.8 Å². The third kappa shape index (κ3) is 23.4. The van der Waals surface area contributed by atoms with Gasteiger partial charge in [0.05, 0.1) is 18.8 Å². The molecule has 13 atom stereocenters. The predicted molar refractivity (Wildman–Crippen MR) is 351 cm³/mol. The summed E-state index contributed by atoms with van der Waals surface area (Å²) >= 11 is 0. The number of likely N-dealkylation sites (N-methyl/N-ethyl adjacent to an activating group) is 7. The molecular weight excluding hydrogens is 1200 g/mol. The highest BCUT2D eigenvalue weighted by molar-refractivity contribution is 5.99. The average molecular weight is 1310 g/mol. The summed E-state index contributed by atoms with van der Waals surface area (Å²) in [7, 11) is 9.78. The van der Waals surface area contributed by atoms with Gasteiger partial charge in [-0.25, -0.2) is 4.68 Å². The highest BCUT2D eigenvalue weighted by Gasteiger charge is 2.46. The molecule has 1 fully saturated rings. The maximum atomic E-state index is 15.2. The highest BCUT2D eigenvalue weighted by Crippen LogP contribution is 2.26. The summed E-state index contributed by atoms with van der Waals surface area (Å²) in [6.45, 7) is 27.6. The van der Waals surface area contributed by atoms with Crippen molar-refractivity contribution in [2.24, 2.45) is 35.5 Å². The Bertz CT molecular complexity index is 2670. The molecule has 1 aromatic rings. The van der Waals surface area contributed by atoms with Gasteiger partial charge in [0.25, 0.3) is 0 Å². The lowest BCUT2D eigenvalue weighted by atomic mass is 9.91. The summed E-state index contributed by atoms with van der Waals surface area (Å²) in [6.07, 6.45) is 4.26. The van der Waals surface area contributed by atoms with Crippen LogP contribution < -0.4 is 21.3 Å². The van der Waals surface area contributed by atoms with Crippen molar-refractivity contribution in [1.82, 2.24) is 75.8 Å². The first-order valence-electron chi connectivity index (χ1n) is 33.0. The number of hydrogen-bond donors (Lipinski definition) is 5. The van der Waals surface area contributed by atoms with E-state index in [9.17, 15) is 43.5 Å². The van der Waals surface area contributed by atoms with Gasteiger partial charge in [-0.05, 0) is 119 Å². The summed E-state index contributed by atoms with van der Waals surface area (Å²) < 4.78 is 7.78. The first kappa shape index (κ1) is 82.0. The van der Waals surface area contributed by atoms with Crippen LogP contribution in [-0.2, 0) is 64.0 Å². The number of amides is 11. The standard InChI is InChI=1S/C65H115N15O13/c1-24-26-29-42(13)55(82)54-59(86)69-46(25-2)61(88)73(17)35-50(81)77(21)53(45(16)93-31-28-27-30-80-36-66-71-72-80)58(85)70-51(40(9)10)64(91)74(18)47(32-37(3)4)57(84)67-43(14)56(83)68-44(15)60(87)75(19)48(33-38(5)6)62(89)76(20)49(34-39(7)8)63(90)78(22)52(41(11)12)65(92)79(54)23/h24,26,36-49,51-55,82H,25,27-35H2,1-23H3,(H,67,84)(H,68,83)(H,69,86)(H,70,85)/t42-,43+,44-,45-,46+,47+,48+,49+,51+,52+,53+,54+,55-/m1/s1. The third-order valence-corrected chi connectivity index (χ3v) is 17.3. The van der Waals surface area contributed by atoms with Crippen molar-refractivity contribution < 1.29 is 62.6 Å². The van der Waals surface area contributed by atoms with E-state index in [1.54, 1.807) is 72.2 Å². The Morgan fingerprint density at radius 2 is 1.06 bits per heavy atom. The number of aromatic nitrogens is 4. The van der Waals surface area contributed by atoms with E-state index >= 15 is 14.4 Å². The molecule has 28 nitrogen and oxygen atoms in total.